The molecule has 0 aliphatic carbocycles. The maximum atomic E-state index is 6.34. The fraction of sp³-hybridized carbons (Fsp3) is 0.889. The maximum absolute atomic E-state index is 6.34. The summed E-state index contributed by atoms with van der Waals surface area (Å²) in [7, 11) is -1.19. The summed E-state index contributed by atoms with van der Waals surface area (Å²) < 4.78 is 0. The van der Waals surface area contributed by atoms with E-state index >= 15 is 0 Å². The van der Waals surface area contributed by atoms with Crippen LogP contribution >= 0.6 is 11.6 Å². The van der Waals surface area contributed by atoms with Crippen LogP contribution in [0.25, 0.3) is 0 Å². The van der Waals surface area contributed by atoms with Crippen LogP contribution in [0.2, 0.25) is 32.3 Å². The van der Waals surface area contributed by atoms with Gasteiger partial charge < -0.3 is 0 Å². The lowest BCUT2D eigenvalue weighted by Crippen LogP contribution is -2.27. The normalized spacial score (nSPS) is 15.9. The van der Waals surface area contributed by atoms with Crippen molar-refractivity contribution in [3.63, 3.8) is 0 Å². The van der Waals surface area contributed by atoms with Gasteiger partial charge in [-0.05, 0) is 0 Å². The molecular weight excluding hydrogens is 291 g/mol. The molecule has 124 valence electrons. The van der Waals surface area contributed by atoms with Gasteiger partial charge in [-0.2, -0.15) is 0 Å². The minimum atomic E-state index is -1.19. The molecule has 0 aliphatic heterocycles. The highest BCUT2D eigenvalue weighted by Crippen LogP contribution is 2.27. The number of allylic oxidation sites excluding steroid dienone is 1. The molecule has 0 fully saturated rings. The number of hydrogen-bond donors (Lipinski definition) is 0. The zero-order valence-electron chi connectivity index (χ0n) is 15.6. The van der Waals surface area contributed by atoms with E-state index in [1.807, 2.05) is 0 Å². The summed E-state index contributed by atoms with van der Waals surface area (Å²) in [6, 6.07) is 0. The monoisotopic (exact) mass is 328 g/mol. The second kappa shape index (κ2) is 10.9. The van der Waals surface area contributed by atoms with E-state index in [2.05, 4.69) is 53.0 Å². The van der Waals surface area contributed by atoms with Crippen molar-refractivity contribution in [1.82, 2.24) is 0 Å². The lowest BCUT2D eigenvalue weighted by atomic mass is 9.37. The van der Waals surface area contributed by atoms with Gasteiger partial charge in [0.15, 0.2) is 6.71 Å². The maximum Gasteiger partial charge on any atom is 0.171 e. The van der Waals surface area contributed by atoms with Gasteiger partial charge in [-0.15, -0.1) is 17.3 Å². The van der Waals surface area contributed by atoms with E-state index in [0.29, 0.717) is 6.71 Å². The molecule has 0 N–H and O–H groups in total. The molecule has 0 bridgehead atoms. The molecule has 0 aromatic heterocycles. The summed E-state index contributed by atoms with van der Waals surface area (Å²) in [5, 5.41) is 0. The van der Waals surface area contributed by atoms with Gasteiger partial charge in [0.25, 0.3) is 0 Å². The molecule has 0 spiro atoms. The van der Waals surface area contributed by atoms with E-state index in [1.54, 1.807) is 5.47 Å². The Morgan fingerprint density at radius 2 is 1.43 bits per heavy atom. The Morgan fingerprint density at radius 3 is 1.71 bits per heavy atom. The van der Waals surface area contributed by atoms with E-state index in [4.69, 9.17) is 11.6 Å². The zero-order valence-corrected chi connectivity index (χ0v) is 17.4. The van der Waals surface area contributed by atoms with Crippen LogP contribution in [-0.4, -0.2) is 20.7 Å². The standard InChI is InChI=1S/C18H38BClSi/c1-8-10-16(3)12-19(13-17(4)11-9-2)18(14-20)15-21(5,6)7/h15-17H,8-14H2,1-7H3/b18-15+. The molecule has 0 rings (SSSR count). The molecule has 0 heterocycles. The lowest BCUT2D eigenvalue weighted by molar-refractivity contribution is 0.550. The molecule has 2 atom stereocenters. The van der Waals surface area contributed by atoms with Crippen molar-refractivity contribution in [2.45, 2.75) is 85.7 Å². The third-order valence-electron chi connectivity index (χ3n) is 4.23. The zero-order chi connectivity index (χ0) is 16.5. The molecule has 21 heavy (non-hydrogen) atoms. The van der Waals surface area contributed by atoms with Crippen molar-refractivity contribution in [2.75, 3.05) is 5.88 Å². The summed E-state index contributed by atoms with van der Waals surface area (Å²) in [5.74, 6) is 2.37. The first kappa shape index (κ1) is 21.3. The van der Waals surface area contributed by atoms with Crippen molar-refractivity contribution in [1.29, 1.82) is 0 Å². The average molecular weight is 329 g/mol. The third-order valence-corrected chi connectivity index (χ3v) is 5.78. The van der Waals surface area contributed by atoms with Crippen molar-refractivity contribution in [2.24, 2.45) is 11.8 Å². The van der Waals surface area contributed by atoms with Crippen LogP contribution in [0.4, 0.5) is 0 Å². The molecule has 0 saturated carbocycles. The molecule has 0 amide bonds. The van der Waals surface area contributed by atoms with Gasteiger partial charge in [-0.25, -0.2) is 0 Å². The minimum absolute atomic E-state index is 0.706. The third kappa shape index (κ3) is 10.6. The first-order chi connectivity index (χ1) is 9.73. The van der Waals surface area contributed by atoms with Crippen LogP contribution in [0.3, 0.4) is 0 Å². The molecule has 3 heteroatoms. The van der Waals surface area contributed by atoms with Crippen molar-refractivity contribution in [3.05, 3.63) is 11.2 Å². The second-order valence-electron chi connectivity index (χ2n) is 8.17. The predicted molar refractivity (Wildman–Crippen MR) is 106 cm³/mol. The molecule has 0 aliphatic rings. The van der Waals surface area contributed by atoms with Gasteiger partial charge >= 0.3 is 0 Å². The van der Waals surface area contributed by atoms with E-state index in [9.17, 15) is 0 Å². The van der Waals surface area contributed by atoms with Gasteiger partial charge in [0.1, 0.15) is 0 Å². The van der Waals surface area contributed by atoms with E-state index in [0.717, 1.165) is 17.7 Å². The first-order valence-electron chi connectivity index (χ1n) is 9.01. The molecule has 0 nitrogen and oxygen atoms in total. The van der Waals surface area contributed by atoms with Crippen LogP contribution in [0, 0.1) is 11.8 Å². The molecule has 0 aromatic rings. The van der Waals surface area contributed by atoms with Crippen LogP contribution in [-0.2, 0) is 0 Å². The highest BCUT2D eigenvalue weighted by atomic mass is 35.5. The first-order valence-corrected chi connectivity index (χ1v) is 13.1. The Bertz CT molecular complexity index is 282. The number of rotatable bonds is 11. The fourth-order valence-corrected chi connectivity index (χ4v) is 5.29. The van der Waals surface area contributed by atoms with Crippen LogP contribution in [0.15, 0.2) is 11.2 Å². The topological polar surface area (TPSA) is 0 Å². The Balaban J connectivity index is 5.02. The highest BCUT2D eigenvalue weighted by Gasteiger charge is 2.25. The van der Waals surface area contributed by atoms with Crippen molar-refractivity contribution >= 4 is 26.4 Å². The van der Waals surface area contributed by atoms with Crippen molar-refractivity contribution < 1.29 is 0 Å². The van der Waals surface area contributed by atoms with Crippen molar-refractivity contribution in [3.8, 4) is 0 Å². The number of halogens is 1. The van der Waals surface area contributed by atoms with E-state index in [-0.39, 0.29) is 0 Å². The second-order valence-corrected chi connectivity index (χ2v) is 13.5. The number of hydrogen-bond acceptors (Lipinski definition) is 0. The van der Waals surface area contributed by atoms with Gasteiger partial charge in [-0.1, -0.05) is 103 Å². The highest BCUT2D eigenvalue weighted by molar-refractivity contribution is 6.83. The average Bonchev–Trinajstić information content (AvgIpc) is 2.34. The van der Waals surface area contributed by atoms with E-state index in [1.165, 1.54) is 38.3 Å². The summed E-state index contributed by atoms with van der Waals surface area (Å²) in [4.78, 5) is 0. The largest absolute Gasteiger partial charge is 0.171 e. The molecular formula is C18H38BClSi. The quantitative estimate of drug-likeness (QED) is 0.285. The molecule has 0 radical (unpaired) electrons. The van der Waals surface area contributed by atoms with E-state index < -0.39 is 8.07 Å². The Kier molecular flexibility index (Phi) is 11.1. The van der Waals surface area contributed by atoms with Gasteiger partial charge in [0.2, 0.25) is 0 Å². The van der Waals surface area contributed by atoms with Crippen LogP contribution < -0.4 is 0 Å². The number of alkyl halides is 1. The van der Waals surface area contributed by atoms with Crippen LogP contribution in [0.1, 0.15) is 53.4 Å². The molecule has 0 saturated heterocycles. The SMILES string of the molecule is CCCC(C)CB(CC(C)CCC)/C(=C/[Si](C)(C)C)CCl. The lowest BCUT2D eigenvalue weighted by Gasteiger charge is -2.25. The summed E-state index contributed by atoms with van der Waals surface area (Å²) in [5.41, 5.74) is 4.11. The van der Waals surface area contributed by atoms with Gasteiger partial charge in [0.05, 0.1) is 8.07 Å². The summed E-state index contributed by atoms with van der Waals surface area (Å²) in [6.07, 6.45) is 7.94. The predicted octanol–water partition coefficient (Wildman–Crippen LogP) is 6.94. The Morgan fingerprint density at radius 1 is 1.00 bits per heavy atom. The van der Waals surface area contributed by atoms with Crippen LogP contribution in [0.5, 0.6) is 0 Å². The summed E-state index contributed by atoms with van der Waals surface area (Å²) in [6.45, 7) is 17.4. The fourth-order valence-electron chi connectivity index (χ4n) is 3.41. The summed E-state index contributed by atoms with van der Waals surface area (Å²) >= 11 is 6.34. The van der Waals surface area contributed by atoms with Gasteiger partial charge in [0, 0.05) is 5.88 Å². The minimum Gasteiger partial charge on any atom is -0.123 e. The molecule has 0 aromatic carbocycles. The smallest absolute Gasteiger partial charge is 0.123 e. The Hall–Kier alpha value is 0.312. The van der Waals surface area contributed by atoms with Gasteiger partial charge in [-0.3, -0.25) is 0 Å². The Labute approximate surface area is 141 Å². The molecule has 2 unspecified atom stereocenters.